The summed E-state index contributed by atoms with van der Waals surface area (Å²) in [7, 11) is 1.18. The van der Waals surface area contributed by atoms with Gasteiger partial charge in [-0.05, 0) is 31.5 Å². The lowest BCUT2D eigenvalue weighted by molar-refractivity contribution is 0.0918. The van der Waals surface area contributed by atoms with Gasteiger partial charge in [0.2, 0.25) is 0 Å². The van der Waals surface area contributed by atoms with Gasteiger partial charge in [0.25, 0.3) is 15.0 Å². The number of ether oxygens (including phenoxy) is 1. The molecule has 0 aromatic heterocycles. The molecule has 1 saturated heterocycles. The normalized spacial score (nSPS) is 20.2. The van der Waals surface area contributed by atoms with Crippen molar-refractivity contribution in [1.29, 1.82) is 0 Å². The van der Waals surface area contributed by atoms with Crippen LogP contribution in [0.25, 0.3) is 0 Å². The topological polar surface area (TPSA) is 72.5 Å². The highest BCUT2D eigenvalue weighted by Gasteiger charge is 2.25. The number of halogens is 2. The molecule has 0 radical (unpaired) electrons. The average Bonchev–Trinajstić information content (AvgIpc) is 2.91. The van der Waals surface area contributed by atoms with Gasteiger partial charge in [-0.3, -0.25) is 4.79 Å². The zero-order valence-electron chi connectivity index (χ0n) is 11.3. The van der Waals surface area contributed by atoms with Gasteiger partial charge in [-0.25, -0.2) is 12.8 Å². The largest absolute Gasteiger partial charge is 0.381 e. The maximum Gasteiger partial charge on any atom is 0.261 e. The fourth-order valence-electron chi connectivity index (χ4n) is 2.18. The van der Waals surface area contributed by atoms with Crippen LogP contribution >= 0.6 is 10.7 Å². The maximum atomic E-state index is 13.7. The van der Waals surface area contributed by atoms with Crippen LogP contribution in [0.5, 0.6) is 0 Å². The molecule has 0 bridgehead atoms. The van der Waals surface area contributed by atoms with E-state index in [0.29, 0.717) is 13.2 Å². The minimum Gasteiger partial charge on any atom is -0.381 e. The summed E-state index contributed by atoms with van der Waals surface area (Å²) in [5, 5.41) is 2.66. The van der Waals surface area contributed by atoms with Crippen LogP contribution in [0.2, 0.25) is 0 Å². The van der Waals surface area contributed by atoms with Gasteiger partial charge in [0.15, 0.2) is 0 Å². The van der Waals surface area contributed by atoms with Crippen LogP contribution in [-0.4, -0.2) is 33.6 Å². The predicted molar refractivity (Wildman–Crippen MR) is 75.3 cm³/mol. The first-order valence-electron chi connectivity index (χ1n) is 6.42. The van der Waals surface area contributed by atoms with Crippen LogP contribution in [0.15, 0.2) is 23.1 Å². The molecule has 1 N–H and O–H groups in total. The van der Waals surface area contributed by atoms with Gasteiger partial charge >= 0.3 is 0 Å². The SMILES string of the molecule is CC(NC(=O)c1cc(S(=O)(=O)Cl)ccc1F)C1CCOC1. The molecule has 0 aliphatic carbocycles. The van der Waals surface area contributed by atoms with E-state index in [1.807, 2.05) is 0 Å². The third kappa shape index (κ3) is 3.93. The van der Waals surface area contributed by atoms with Crippen molar-refractivity contribution in [2.45, 2.75) is 24.3 Å². The van der Waals surface area contributed by atoms with Crippen molar-refractivity contribution in [3.63, 3.8) is 0 Å². The van der Waals surface area contributed by atoms with E-state index < -0.39 is 20.8 Å². The number of hydrogen-bond donors (Lipinski definition) is 1. The summed E-state index contributed by atoms with van der Waals surface area (Å²) in [6.07, 6.45) is 0.819. The predicted octanol–water partition coefficient (Wildman–Crippen LogP) is 1.91. The molecule has 0 saturated carbocycles. The van der Waals surface area contributed by atoms with Crippen molar-refractivity contribution >= 4 is 25.6 Å². The second-order valence-corrected chi connectivity index (χ2v) is 7.53. The molecule has 1 fully saturated rings. The van der Waals surface area contributed by atoms with Crippen molar-refractivity contribution < 1.29 is 22.3 Å². The van der Waals surface area contributed by atoms with Crippen molar-refractivity contribution in [3.8, 4) is 0 Å². The third-order valence-corrected chi connectivity index (χ3v) is 4.85. The maximum absolute atomic E-state index is 13.7. The summed E-state index contributed by atoms with van der Waals surface area (Å²) in [4.78, 5) is 11.8. The number of rotatable bonds is 4. The van der Waals surface area contributed by atoms with E-state index in [2.05, 4.69) is 5.32 Å². The summed E-state index contributed by atoms with van der Waals surface area (Å²) in [6, 6.07) is 2.66. The van der Waals surface area contributed by atoms with E-state index in [1.165, 1.54) is 0 Å². The highest BCUT2D eigenvalue weighted by Crippen LogP contribution is 2.20. The molecule has 1 aromatic rings. The van der Waals surface area contributed by atoms with E-state index in [0.717, 1.165) is 24.6 Å². The molecule has 2 rings (SSSR count). The Kier molecular flexibility index (Phi) is 4.85. The Morgan fingerprint density at radius 3 is 2.81 bits per heavy atom. The Labute approximate surface area is 126 Å². The fourth-order valence-corrected chi connectivity index (χ4v) is 2.96. The van der Waals surface area contributed by atoms with Crippen LogP contribution in [0.3, 0.4) is 0 Å². The molecule has 21 heavy (non-hydrogen) atoms. The van der Waals surface area contributed by atoms with E-state index in [4.69, 9.17) is 15.4 Å². The second kappa shape index (κ2) is 6.29. The molecule has 2 atom stereocenters. The third-order valence-electron chi connectivity index (χ3n) is 3.49. The first kappa shape index (κ1) is 16.2. The Hall–Kier alpha value is -1.18. The molecule has 1 aliphatic rings. The Balaban J connectivity index is 2.18. The highest BCUT2D eigenvalue weighted by molar-refractivity contribution is 8.13. The van der Waals surface area contributed by atoms with Crippen LogP contribution in [-0.2, 0) is 13.8 Å². The monoisotopic (exact) mass is 335 g/mol. The number of benzene rings is 1. The van der Waals surface area contributed by atoms with Crippen molar-refractivity contribution in [2.75, 3.05) is 13.2 Å². The van der Waals surface area contributed by atoms with Crippen molar-refractivity contribution in [2.24, 2.45) is 5.92 Å². The fraction of sp³-hybridized carbons (Fsp3) is 0.462. The lowest BCUT2D eigenvalue weighted by atomic mass is 10.0. The summed E-state index contributed by atoms with van der Waals surface area (Å²) in [5.74, 6) is -1.31. The molecule has 1 amide bonds. The molecule has 5 nitrogen and oxygen atoms in total. The molecule has 116 valence electrons. The molecule has 2 unspecified atom stereocenters. The van der Waals surface area contributed by atoms with Gasteiger partial charge in [0.05, 0.1) is 17.1 Å². The molecule has 0 spiro atoms. The number of carbonyl (C=O) groups is 1. The van der Waals surface area contributed by atoms with E-state index >= 15 is 0 Å². The van der Waals surface area contributed by atoms with E-state index in [-0.39, 0.29) is 22.4 Å². The molecular weight excluding hydrogens is 321 g/mol. The molecule has 1 aromatic carbocycles. The van der Waals surface area contributed by atoms with Gasteiger partial charge in [-0.1, -0.05) is 0 Å². The van der Waals surface area contributed by atoms with Gasteiger partial charge < -0.3 is 10.1 Å². The zero-order valence-corrected chi connectivity index (χ0v) is 12.9. The first-order chi connectivity index (χ1) is 9.79. The quantitative estimate of drug-likeness (QED) is 0.853. The Morgan fingerprint density at radius 2 is 2.24 bits per heavy atom. The van der Waals surface area contributed by atoms with Crippen LogP contribution < -0.4 is 5.32 Å². The zero-order chi connectivity index (χ0) is 15.6. The van der Waals surface area contributed by atoms with E-state index in [1.54, 1.807) is 6.92 Å². The molecule has 8 heteroatoms. The summed E-state index contributed by atoms with van der Waals surface area (Å²) in [5.41, 5.74) is -0.345. The second-order valence-electron chi connectivity index (χ2n) is 4.97. The van der Waals surface area contributed by atoms with Crippen molar-refractivity contribution in [3.05, 3.63) is 29.6 Å². The van der Waals surface area contributed by atoms with Gasteiger partial charge in [0.1, 0.15) is 5.82 Å². The minimum absolute atomic E-state index is 0.164. The lowest BCUT2D eigenvalue weighted by Gasteiger charge is -2.19. The van der Waals surface area contributed by atoms with Gasteiger partial charge in [-0.2, -0.15) is 0 Å². The van der Waals surface area contributed by atoms with Crippen LogP contribution in [0.4, 0.5) is 4.39 Å². The Bertz CT molecular complexity index is 644. The Morgan fingerprint density at radius 1 is 1.52 bits per heavy atom. The van der Waals surface area contributed by atoms with Crippen LogP contribution in [0, 0.1) is 11.7 Å². The molecule has 1 aliphatic heterocycles. The molecule has 1 heterocycles. The first-order valence-corrected chi connectivity index (χ1v) is 8.73. The number of nitrogens with one attached hydrogen (secondary N) is 1. The number of hydrogen-bond acceptors (Lipinski definition) is 4. The highest BCUT2D eigenvalue weighted by atomic mass is 35.7. The summed E-state index contributed by atoms with van der Waals surface area (Å²) >= 11 is 0. The smallest absolute Gasteiger partial charge is 0.261 e. The van der Waals surface area contributed by atoms with E-state index in [9.17, 15) is 17.6 Å². The number of carbonyl (C=O) groups excluding carboxylic acids is 1. The minimum atomic E-state index is -4.01. The van der Waals surface area contributed by atoms with Crippen molar-refractivity contribution in [1.82, 2.24) is 5.32 Å². The standard InChI is InChI=1S/C13H15ClFNO4S/c1-8(9-4-5-20-7-9)16-13(17)11-6-10(21(14,18)19)2-3-12(11)15/h2-3,6,8-9H,4-5,7H2,1H3,(H,16,17). The van der Waals surface area contributed by atoms with Gasteiger partial charge in [0, 0.05) is 29.2 Å². The summed E-state index contributed by atoms with van der Waals surface area (Å²) < 4.78 is 41.4. The van der Waals surface area contributed by atoms with Gasteiger partial charge in [-0.15, -0.1) is 0 Å². The lowest BCUT2D eigenvalue weighted by Crippen LogP contribution is -2.38. The summed E-state index contributed by atoms with van der Waals surface area (Å²) in [6.45, 7) is 2.98. The molecular formula is C13H15ClFNO4S. The average molecular weight is 336 g/mol. The van der Waals surface area contributed by atoms with Crippen LogP contribution in [0.1, 0.15) is 23.7 Å². The number of amides is 1.